The lowest BCUT2D eigenvalue weighted by Gasteiger charge is -2.27. The SMILES string of the molecule is NS(=O)(=O)c1ccc(CCN(C(=O)C2CCCNC2)c2nc3ccc(Cl)cc3o2)cc1. The molecule has 10 heteroatoms. The average molecular weight is 463 g/mol. The Morgan fingerprint density at radius 3 is 2.71 bits per heavy atom. The number of sulfonamides is 1. The van der Waals surface area contributed by atoms with E-state index in [0.717, 1.165) is 24.9 Å². The number of nitrogens with two attached hydrogens (primary N) is 1. The monoisotopic (exact) mass is 462 g/mol. The van der Waals surface area contributed by atoms with Gasteiger partial charge in [-0.05, 0) is 55.6 Å². The van der Waals surface area contributed by atoms with Crippen LogP contribution in [0.1, 0.15) is 18.4 Å². The quantitative estimate of drug-likeness (QED) is 0.581. The number of amides is 1. The fraction of sp³-hybridized carbons (Fsp3) is 0.333. The molecule has 0 saturated carbocycles. The first kappa shape index (κ1) is 21.8. The highest BCUT2D eigenvalue weighted by Gasteiger charge is 2.29. The summed E-state index contributed by atoms with van der Waals surface area (Å²) in [5.74, 6) is -0.205. The Hall–Kier alpha value is -2.46. The highest BCUT2D eigenvalue weighted by atomic mass is 35.5. The Balaban J connectivity index is 1.59. The molecule has 1 aromatic heterocycles. The molecule has 4 rings (SSSR count). The molecule has 8 nitrogen and oxygen atoms in total. The zero-order chi connectivity index (χ0) is 22.0. The van der Waals surface area contributed by atoms with Gasteiger partial charge in [-0.25, -0.2) is 13.6 Å². The van der Waals surface area contributed by atoms with E-state index in [1.807, 2.05) is 0 Å². The number of carbonyl (C=O) groups is 1. The first-order valence-corrected chi connectivity index (χ1v) is 11.9. The molecule has 2 aromatic carbocycles. The number of piperidine rings is 1. The summed E-state index contributed by atoms with van der Waals surface area (Å²) in [6.45, 7) is 1.86. The van der Waals surface area contributed by atoms with Crippen LogP contribution in [0.25, 0.3) is 11.1 Å². The summed E-state index contributed by atoms with van der Waals surface area (Å²) in [6.07, 6.45) is 2.23. The minimum atomic E-state index is -3.75. The van der Waals surface area contributed by atoms with Crippen molar-refractivity contribution >= 4 is 44.6 Å². The molecule has 1 atom stereocenters. The topological polar surface area (TPSA) is 119 Å². The van der Waals surface area contributed by atoms with Gasteiger partial charge in [-0.1, -0.05) is 23.7 Å². The molecule has 1 unspecified atom stereocenters. The third-order valence-electron chi connectivity index (χ3n) is 5.36. The zero-order valence-corrected chi connectivity index (χ0v) is 18.3. The van der Waals surface area contributed by atoms with E-state index in [-0.39, 0.29) is 22.7 Å². The third kappa shape index (κ3) is 5.07. The van der Waals surface area contributed by atoms with Crippen molar-refractivity contribution in [2.45, 2.75) is 24.2 Å². The van der Waals surface area contributed by atoms with Gasteiger partial charge in [0.2, 0.25) is 15.9 Å². The van der Waals surface area contributed by atoms with Crippen LogP contribution in [-0.4, -0.2) is 38.9 Å². The molecular formula is C21H23ClN4O4S. The Bertz CT molecular complexity index is 1190. The van der Waals surface area contributed by atoms with E-state index in [1.165, 1.54) is 12.1 Å². The minimum Gasteiger partial charge on any atom is -0.423 e. The van der Waals surface area contributed by atoms with Crippen LogP contribution in [0, 0.1) is 5.92 Å². The van der Waals surface area contributed by atoms with Crippen molar-refractivity contribution in [3.63, 3.8) is 0 Å². The van der Waals surface area contributed by atoms with Crippen molar-refractivity contribution in [2.24, 2.45) is 11.1 Å². The second-order valence-electron chi connectivity index (χ2n) is 7.58. The summed E-state index contributed by atoms with van der Waals surface area (Å²) in [5, 5.41) is 8.95. The van der Waals surface area contributed by atoms with E-state index in [0.29, 0.717) is 35.6 Å². The summed E-state index contributed by atoms with van der Waals surface area (Å²) in [6, 6.07) is 11.7. The Labute approximate surface area is 185 Å². The van der Waals surface area contributed by atoms with Crippen LogP contribution in [0.4, 0.5) is 6.01 Å². The van der Waals surface area contributed by atoms with Crippen molar-refractivity contribution in [2.75, 3.05) is 24.5 Å². The number of primary sulfonamides is 1. The van der Waals surface area contributed by atoms with Gasteiger partial charge in [0, 0.05) is 24.2 Å². The summed E-state index contributed by atoms with van der Waals surface area (Å²) in [5.41, 5.74) is 2.00. The molecule has 1 aliphatic rings. The molecule has 0 bridgehead atoms. The lowest BCUT2D eigenvalue weighted by atomic mass is 9.98. The van der Waals surface area contributed by atoms with E-state index in [9.17, 15) is 13.2 Å². The van der Waals surface area contributed by atoms with Gasteiger partial charge in [0.1, 0.15) is 5.52 Å². The lowest BCUT2D eigenvalue weighted by Crippen LogP contribution is -2.44. The Kier molecular flexibility index (Phi) is 6.29. The molecular weight excluding hydrogens is 440 g/mol. The summed E-state index contributed by atoms with van der Waals surface area (Å²) < 4.78 is 28.8. The van der Waals surface area contributed by atoms with Crippen LogP contribution in [-0.2, 0) is 21.2 Å². The summed E-state index contributed by atoms with van der Waals surface area (Å²) in [4.78, 5) is 19.4. The molecule has 31 heavy (non-hydrogen) atoms. The number of fused-ring (bicyclic) bond motifs is 1. The molecule has 3 aromatic rings. The highest BCUT2D eigenvalue weighted by molar-refractivity contribution is 7.89. The molecule has 1 fully saturated rings. The van der Waals surface area contributed by atoms with Crippen LogP contribution in [0.5, 0.6) is 0 Å². The summed E-state index contributed by atoms with van der Waals surface area (Å²) >= 11 is 6.05. The molecule has 164 valence electrons. The molecule has 0 aliphatic carbocycles. The first-order valence-electron chi connectivity index (χ1n) is 10.0. The second kappa shape index (κ2) is 8.96. The molecule has 1 saturated heterocycles. The first-order chi connectivity index (χ1) is 14.8. The van der Waals surface area contributed by atoms with E-state index < -0.39 is 10.0 Å². The maximum Gasteiger partial charge on any atom is 0.305 e. The van der Waals surface area contributed by atoms with Crippen LogP contribution >= 0.6 is 11.6 Å². The van der Waals surface area contributed by atoms with E-state index >= 15 is 0 Å². The van der Waals surface area contributed by atoms with Crippen molar-refractivity contribution in [1.29, 1.82) is 0 Å². The number of carbonyl (C=O) groups excluding carboxylic acids is 1. The number of halogens is 1. The fourth-order valence-corrected chi connectivity index (χ4v) is 4.35. The average Bonchev–Trinajstić information content (AvgIpc) is 3.17. The number of hydrogen-bond acceptors (Lipinski definition) is 6. The third-order valence-corrected chi connectivity index (χ3v) is 6.52. The number of oxazole rings is 1. The number of nitrogens with one attached hydrogen (secondary N) is 1. The van der Waals surface area contributed by atoms with E-state index in [4.69, 9.17) is 21.2 Å². The molecule has 0 spiro atoms. The predicted molar refractivity (Wildman–Crippen MR) is 118 cm³/mol. The summed E-state index contributed by atoms with van der Waals surface area (Å²) in [7, 11) is -3.75. The van der Waals surface area contributed by atoms with Crippen LogP contribution in [0.3, 0.4) is 0 Å². The van der Waals surface area contributed by atoms with Gasteiger partial charge in [-0.3, -0.25) is 9.69 Å². The van der Waals surface area contributed by atoms with Gasteiger partial charge in [0.15, 0.2) is 5.58 Å². The number of benzene rings is 2. The van der Waals surface area contributed by atoms with Crippen LogP contribution < -0.4 is 15.4 Å². The van der Waals surface area contributed by atoms with Gasteiger partial charge in [0.05, 0.1) is 10.8 Å². The van der Waals surface area contributed by atoms with Crippen molar-refractivity contribution < 1.29 is 17.6 Å². The molecule has 0 radical (unpaired) electrons. The second-order valence-corrected chi connectivity index (χ2v) is 9.58. The zero-order valence-electron chi connectivity index (χ0n) is 16.8. The van der Waals surface area contributed by atoms with Gasteiger partial charge >= 0.3 is 6.01 Å². The van der Waals surface area contributed by atoms with Crippen molar-refractivity contribution in [3.8, 4) is 0 Å². The van der Waals surface area contributed by atoms with Gasteiger partial charge in [-0.15, -0.1) is 0 Å². The van der Waals surface area contributed by atoms with Crippen molar-refractivity contribution in [3.05, 3.63) is 53.1 Å². The maximum absolute atomic E-state index is 13.3. The van der Waals surface area contributed by atoms with E-state index in [1.54, 1.807) is 35.2 Å². The fourth-order valence-electron chi connectivity index (χ4n) is 3.67. The van der Waals surface area contributed by atoms with Gasteiger partial charge in [-0.2, -0.15) is 4.98 Å². The number of aromatic nitrogens is 1. The minimum absolute atomic E-state index is 0.0493. The molecule has 3 N–H and O–H groups in total. The smallest absolute Gasteiger partial charge is 0.305 e. The molecule has 2 heterocycles. The number of rotatable bonds is 6. The number of hydrogen-bond donors (Lipinski definition) is 2. The molecule has 1 aliphatic heterocycles. The van der Waals surface area contributed by atoms with Crippen molar-refractivity contribution in [1.82, 2.24) is 10.3 Å². The van der Waals surface area contributed by atoms with Crippen LogP contribution in [0.2, 0.25) is 5.02 Å². The largest absolute Gasteiger partial charge is 0.423 e. The van der Waals surface area contributed by atoms with Gasteiger partial charge in [0.25, 0.3) is 0 Å². The highest BCUT2D eigenvalue weighted by Crippen LogP contribution is 2.27. The normalized spacial score (nSPS) is 17.0. The predicted octanol–water partition coefficient (Wildman–Crippen LogP) is 2.70. The lowest BCUT2D eigenvalue weighted by molar-refractivity contribution is -0.123. The maximum atomic E-state index is 13.3. The standard InChI is InChI=1S/C21H23ClN4O4S/c22-16-5-8-18-19(12-16)30-21(25-18)26(20(27)15-2-1-10-24-13-15)11-9-14-3-6-17(7-4-14)31(23,28)29/h3-8,12,15,24H,1-2,9-11,13H2,(H2,23,28,29). The Morgan fingerprint density at radius 1 is 1.26 bits per heavy atom. The Morgan fingerprint density at radius 2 is 2.03 bits per heavy atom. The van der Waals surface area contributed by atoms with Crippen LogP contribution in [0.15, 0.2) is 51.8 Å². The van der Waals surface area contributed by atoms with Gasteiger partial charge < -0.3 is 9.73 Å². The van der Waals surface area contributed by atoms with E-state index in [2.05, 4.69) is 10.3 Å². The number of anilines is 1. The molecule has 1 amide bonds. The number of nitrogens with zero attached hydrogens (tertiary/aromatic N) is 2.